The van der Waals surface area contributed by atoms with Crippen LogP contribution in [0.2, 0.25) is 0 Å². The van der Waals surface area contributed by atoms with E-state index in [1.807, 2.05) is 0 Å². The van der Waals surface area contributed by atoms with Gasteiger partial charge in [0, 0.05) is 18.8 Å². The number of nitrogens with one attached hydrogen (secondary N) is 1. The van der Waals surface area contributed by atoms with E-state index in [0.717, 1.165) is 13.0 Å². The third kappa shape index (κ3) is 3.68. The van der Waals surface area contributed by atoms with E-state index in [-0.39, 0.29) is 5.95 Å². The zero-order valence-corrected chi connectivity index (χ0v) is 12.0. The number of hydrogen-bond acceptors (Lipinski definition) is 7. The summed E-state index contributed by atoms with van der Waals surface area (Å²) in [4.78, 5) is 19.8. The van der Waals surface area contributed by atoms with Crippen molar-refractivity contribution < 1.29 is 9.53 Å². The summed E-state index contributed by atoms with van der Waals surface area (Å²) < 4.78 is 6.38. The van der Waals surface area contributed by atoms with E-state index in [9.17, 15) is 4.79 Å². The summed E-state index contributed by atoms with van der Waals surface area (Å²) in [5, 5.41) is 7.23. The molecule has 0 aliphatic carbocycles. The summed E-state index contributed by atoms with van der Waals surface area (Å²) in [7, 11) is 0. The van der Waals surface area contributed by atoms with Gasteiger partial charge in [-0.2, -0.15) is 15.1 Å². The maximum absolute atomic E-state index is 11.6. The Kier molecular flexibility index (Phi) is 4.70. The minimum absolute atomic E-state index is 0.138. The van der Waals surface area contributed by atoms with E-state index in [2.05, 4.69) is 27.3 Å². The number of nitrogens with two attached hydrogens (primary N) is 1. The van der Waals surface area contributed by atoms with Crippen molar-refractivity contribution in [1.29, 1.82) is 0 Å². The topological polar surface area (TPSA) is 108 Å². The molecule has 0 saturated carbocycles. The number of ether oxygens (including phenoxy) is 1. The average Bonchev–Trinajstić information content (AvgIpc) is 2.95. The molecule has 0 atom stereocenters. The Morgan fingerprint density at radius 1 is 1.43 bits per heavy atom. The first-order valence-corrected chi connectivity index (χ1v) is 6.74. The molecule has 2 aromatic rings. The molecule has 2 rings (SSSR count). The highest BCUT2D eigenvalue weighted by Gasteiger charge is 2.11. The van der Waals surface area contributed by atoms with Crippen LogP contribution in [0, 0.1) is 0 Å². The minimum Gasteiger partial charge on any atom is -0.462 e. The van der Waals surface area contributed by atoms with Gasteiger partial charge < -0.3 is 15.8 Å². The molecule has 0 unspecified atom stereocenters. The van der Waals surface area contributed by atoms with Gasteiger partial charge in [0.1, 0.15) is 5.82 Å². The van der Waals surface area contributed by atoms with E-state index in [4.69, 9.17) is 10.5 Å². The van der Waals surface area contributed by atoms with Crippen molar-refractivity contribution in [2.24, 2.45) is 0 Å². The molecule has 0 aromatic carbocycles. The first kappa shape index (κ1) is 14.8. The Labute approximate surface area is 122 Å². The highest BCUT2D eigenvalue weighted by atomic mass is 16.5. The normalized spacial score (nSPS) is 10.4. The molecule has 0 fully saturated rings. The molecule has 112 valence electrons. The van der Waals surface area contributed by atoms with Crippen molar-refractivity contribution in [3.05, 3.63) is 24.0 Å². The number of nitrogen functional groups attached to an aromatic ring is 1. The molecule has 0 radical (unpaired) electrons. The molecule has 3 N–H and O–H groups in total. The Bertz CT molecular complexity index is 625. The Hall–Kier alpha value is -2.64. The molecule has 8 nitrogen and oxygen atoms in total. The van der Waals surface area contributed by atoms with Gasteiger partial charge in [0.2, 0.25) is 5.95 Å². The average molecular weight is 290 g/mol. The van der Waals surface area contributed by atoms with Crippen LogP contribution in [-0.4, -0.2) is 38.9 Å². The first-order chi connectivity index (χ1) is 10.1. The van der Waals surface area contributed by atoms with Crippen LogP contribution in [0.15, 0.2) is 18.5 Å². The third-order valence-electron chi connectivity index (χ3n) is 2.61. The fourth-order valence-electron chi connectivity index (χ4n) is 1.68. The molecule has 8 heteroatoms. The van der Waals surface area contributed by atoms with Crippen molar-refractivity contribution in [2.45, 2.75) is 20.3 Å². The molecule has 0 amide bonds. The van der Waals surface area contributed by atoms with E-state index < -0.39 is 5.97 Å². The number of hydrogen-bond donors (Lipinski definition) is 2. The monoisotopic (exact) mass is 290 g/mol. The SMILES string of the molecule is CCCNc1cc(-n2cc(C(=O)OCC)cn2)nc(N)n1. The smallest absolute Gasteiger partial charge is 0.341 e. The molecular formula is C13H18N6O2. The van der Waals surface area contributed by atoms with Crippen molar-refractivity contribution in [1.82, 2.24) is 19.7 Å². The van der Waals surface area contributed by atoms with Crippen molar-refractivity contribution in [3.8, 4) is 5.82 Å². The third-order valence-corrected chi connectivity index (χ3v) is 2.61. The summed E-state index contributed by atoms with van der Waals surface area (Å²) in [6, 6.07) is 1.72. The summed E-state index contributed by atoms with van der Waals surface area (Å²) in [6.07, 6.45) is 3.94. The highest BCUT2D eigenvalue weighted by molar-refractivity contribution is 5.88. The van der Waals surface area contributed by atoms with Gasteiger partial charge in [-0.25, -0.2) is 9.48 Å². The van der Waals surface area contributed by atoms with Crippen LogP contribution in [0.5, 0.6) is 0 Å². The molecule has 2 heterocycles. The lowest BCUT2D eigenvalue weighted by molar-refractivity contribution is 0.0526. The Morgan fingerprint density at radius 2 is 2.24 bits per heavy atom. The van der Waals surface area contributed by atoms with Gasteiger partial charge in [0.25, 0.3) is 0 Å². The maximum atomic E-state index is 11.6. The summed E-state index contributed by atoms with van der Waals surface area (Å²) in [6.45, 7) is 4.90. The second kappa shape index (κ2) is 6.69. The van der Waals surface area contributed by atoms with Crippen molar-refractivity contribution >= 4 is 17.7 Å². The molecule has 0 aliphatic heterocycles. The van der Waals surface area contributed by atoms with Gasteiger partial charge in [-0.15, -0.1) is 0 Å². The van der Waals surface area contributed by atoms with Gasteiger partial charge in [-0.3, -0.25) is 0 Å². The second-order valence-corrected chi connectivity index (χ2v) is 4.29. The van der Waals surface area contributed by atoms with Crippen molar-refractivity contribution in [2.75, 3.05) is 24.2 Å². The van der Waals surface area contributed by atoms with E-state index in [1.165, 1.54) is 10.9 Å². The number of nitrogens with zero attached hydrogens (tertiary/aromatic N) is 4. The van der Waals surface area contributed by atoms with Gasteiger partial charge >= 0.3 is 5.97 Å². The quantitative estimate of drug-likeness (QED) is 0.770. The van der Waals surface area contributed by atoms with E-state index in [0.29, 0.717) is 23.8 Å². The molecule has 21 heavy (non-hydrogen) atoms. The zero-order valence-electron chi connectivity index (χ0n) is 12.0. The lowest BCUT2D eigenvalue weighted by Gasteiger charge is -2.07. The summed E-state index contributed by atoms with van der Waals surface area (Å²) in [5.41, 5.74) is 6.05. The molecule has 0 saturated heterocycles. The predicted molar refractivity (Wildman–Crippen MR) is 78.3 cm³/mol. The maximum Gasteiger partial charge on any atom is 0.341 e. The fraction of sp³-hybridized carbons (Fsp3) is 0.385. The predicted octanol–water partition coefficient (Wildman–Crippen LogP) is 1.24. The first-order valence-electron chi connectivity index (χ1n) is 6.74. The van der Waals surface area contributed by atoms with Crippen LogP contribution in [0.1, 0.15) is 30.6 Å². The lowest BCUT2D eigenvalue weighted by Crippen LogP contribution is -2.08. The van der Waals surface area contributed by atoms with Crippen LogP contribution in [0.3, 0.4) is 0 Å². The Balaban J connectivity index is 2.25. The van der Waals surface area contributed by atoms with Gasteiger partial charge in [-0.1, -0.05) is 6.92 Å². The van der Waals surface area contributed by atoms with Gasteiger partial charge in [-0.05, 0) is 13.3 Å². The van der Waals surface area contributed by atoms with Crippen LogP contribution in [0.25, 0.3) is 5.82 Å². The lowest BCUT2D eigenvalue weighted by atomic mass is 10.4. The van der Waals surface area contributed by atoms with Crippen LogP contribution in [0.4, 0.5) is 11.8 Å². The van der Waals surface area contributed by atoms with Gasteiger partial charge in [0.05, 0.1) is 18.4 Å². The number of rotatable bonds is 6. The van der Waals surface area contributed by atoms with Crippen LogP contribution < -0.4 is 11.1 Å². The number of carbonyl (C=O) groups excluding carboxylic acids is 1. The number of esters is 1. The molecular weight excluding hydrogens is 272 g/mol. The molecule has 0 spiro atoms. The zero-order chi connectivity index (χ0) is 15.2. The minimum atomic E-state index is -0.421. The van der Waals surface area contributed by atoms with E-state index >= 15 is 0 Å². The van der Waals surface area contributed by atoms with Crippen molar-refractivity contribution in [3.63, 3.8) is 0 Å². The molecule has 0 bridgehead atoms. The number of aromatic nitrogens is 4. The number of anilines is 2. The number of carbonyl (C=O) groups is 1. The highest BCUT2D eigenvalue weighted by Crippen LogP contribution is 2.13. The van der Waals surface area contributed by atoms with E-state index in [1.54, 1.807) is 19.2 Å². The van der Waals surface area contributed by atoms with Crippen LogP contribution in [-0.2, 0) is 4.74 Å². The molecule has 2 aromatic heterocycles. The largest absolute Gasteiger partial charge is 0.462 e. The molecule has 0 aliphatic rings. The van der Waals surface area contributed by atoms with Gasteiger partial charge in [0.15, 0.2) is 5.82 Å². The standard InChI is InChI=1S/C13H18N6O2/c1-3-5-15-10-6-11(18-13(14)17-10)19-8-9(7-16-19)12(20)21-4-2/h6-8H,3-5H2,1-2H3,(H3,14,15,17,18). The summed E-state index contributed by atoms with van der Waals surface area (Å²) >= 11 is 0. The van der Waals surface area contributed by atoms with Crippen LogP contribution >= 0.6 is 0 Å². The fourth-order valence-corrected chi connectivity index (χ4v) is 1.68. The Morgan fingerprint density at radius 3 is 2.95 bits per heavy atom. The summed E-state index contributed by atoms with van der Waals surface area (Å²) in [5.74, 6) is 0.818. The second-order valence-electron chi connectivity index (χ2n) is 4.29.